The summed E-state index contributed by atoms with van der Waals surface area (Å²) in [5, 5.41) is 7.16. The first-order valence-electron chi connectivity index (χ1n) is 6.56. The smallest absolute Gasteiger partial charge is 0.258 e. The second-order valence-corrected chi connectivity index (χ2v) is 5.63. The van der Waals surface area contributed by atoms with Gasteiger partial charge in [0.25, 0.3) is 5.89 Å². The highest BCUT2D eigenvalue weighted by Gasteiger charge is 2.12. The maximum atomic E-state index is 5.37. The lowest BCUT2D eigenvalue weighted by molar-refractivity contribution is 0.432. The van der Waals surface area contributed by atoms with Crippen molar-refractivity contribution in [1.82, 2.24) is 10.1 Å². The number of aryl methyl sites for hydroxylation is 1. The minimum atomic E-state index is 0.523. The van der Waals surface area contributed by atoms with Gasteiger partial charge in [-0.25, -0.2) is 0 Å². The van der Waals surface area contributed by atoms with Crippen molar-refractivity contribution in [3.63, 3.8) is 0 Å². The van der Waals surface area contributed by atoms with E-state index in [0.717, 1.165) is 26.9 Å². The zero-order valence-corrected chi connectivity index (χ0v) is 13.3. The molecule has 0 aliphatic heterocycles. The Labute approximate surface area is 131 Å². The van der Waals surface area contributed by atoms with Crippen LogP contribution in [0.2, 0.25) is 0 Å². The van der Waals surface area contributed by atoms with Gasteiger partial charge in [-0.3, -0.25) is 0 Å². The molecule has 0 unspecified atom stereocenters. The van der Waals surface area contributed by atoms with E-state index >= 15 is 0 Å². The van der Waals surface area contributed by atoms with Gasteiger partial charge in [-0.1, -0.05) is 21.1 Å². The van der Waals surface area contributed by atoms with Gasteiger partial charge in [-0.15, -0.1) is 0 Å². The van der Waals surface area contributed by atoms with Crippen molar-refractivity contribution in [3.05, 3.63) is 52.5 Å². The van der Waals surface area contributed by atoms with Gasteiger partial charge in [0.1, 0.15) is 0 Å². The van der Waals surface area contributed by atoms with Gasteiger partial charge in [-0.2, -0.15) is 4.98 Å². The van der Waals surface area contributed by atoms with Gasteiger partial charge in [0.15, 0.2) is 0 Å². The summed E-state index contributed by atoms with van der Waals surface area (Å²) in [5.41, 5.74) is 4.02. The molecule has 0 bridgehead atoms. The fourth-order valence-electron chi connectivity index (χ4n) is 2.11. The molecule has 3 aromatic rings. The number of aromatic nitrogens is 2. The Balaban J connectivity index is 1.95. The van der Waals surface area contributed by atoms with Crippen molar-refractivity contribution < 1.29 is 4.52 Å². The molecule has 0 fully saturated rings. The van der Waals surface area contributed by atoms with E-state index in [1.54, 1.807) is 0 Å². The highest BCUT2D eigenvalue weighted by molar-refractivity contribution is 9.10. The normalized spacial score (nSPS) is 10.6. The van der Waals surface area contributed by atoms with Crippen LogP contribution in [0.25, 0.3) is 22.8 Å². The van der Waals surface area contributed by atoms with Crippen LogP contribution in [0.5, 0.6) is 0 Å². The Hall–Kier alpha value is -2.14. The van der Waals surface area contributed by atoms with E-state index < -0.39 is 0 Å². The molecular weight excluding hydrogens is 330 g/mol. The third-order valence-electron chi connectivity index (χ3n) is 3.28. The summed E-state index contributed by atoms with van der Waals surface area (Å²) < 4.78 is 6.41. The molecule has 106 valence electrons. The number of rotatable bonds is 3. The average molecular weight is 344 g/mol. The summed E-state index contributed by atoms with van der Waals surface area (Å²) in [4.78, 5) is 4.48. The molecule has 0 radical (unpaired) electrons. The first-order chi connectivity index (χ1) is 10.2. The maximum absolute atomic E-state index is 5.37. The number of benzene rings is 2. The van der Waals surface area contributed by atoms with E-state index in [1.165, 1.54) is 0 Å². The summed E-state index contributed by atoms with van der Waals surface area (Å²) in [5.74, 6) is 1.13. The van der Waals surface area contributed by atoms with Gasteiger partial charge in [0.05, 0.1) is 0 Å². The largest absolute Gasteiger partial charge is 0.388 e. The molecule has 5 heteroatoms. The van der Waals surface area contributed by atoms with Crippen molar-refractivity contribution in [1.29, 1.82) is 0 Å². The van der Waals surface area contributed by atoms with Crippen LogP contribution < -0.4 is 5.32 Å². The summed E-state index contributed by atoms with van der Waals surface area (Å²) in [7, 11) is 1.89. The van der Waals surface area contributed by atoms with Crippen molar-refractivity contribution in [3.8, 4) is 22.8 Å². The monoisotopic (exact) mass is 343 g/mol. The van der Waals surface area contributed by atoms with Gasteiger partial charge in [0.2, 0.25) is 5.82 Å². The Morgan fingerprint density at radius 3 is 2.52 bits per heavy atom. The molecule has 0 atom stereocenters. The quantitative estimate of drug-likeness (QED) is 0.759. The summed E-state index contributed by atoms with van der Waals surface area (Å²) in [6, 6.07) is 13.9. The van der Waals surface area contributed by atoms with E-state index in [2.05, 4.69) is 31.4 Å². The summed E-state index contributed by atoms with van der Waals surface area (Å²) in [6.07, 6.45) is 0. The van der Waals surface area contributed by atoms with Crippen molar-refractivity contribution in [2.45, 2.75) is 6.92 Å². The van der Waals surface area contributed by atoms with Crippen molar-refractivity contribution in [2.24, 2.45) is 0 Å². The lowest BCUT2D eigenvalue weighted by atomic mass is 10.1. The molecule has 2 aromatic carbocycles. The van der Waals surface area contributed by atoms with Crippen molar-refractivity contribution >= 4 is 21.6 Å². The van der Waals surface area contributed by atoms with Gasteiger partial charge >= 0.3 is 0 Å². The van der Waals surface area contributed by atoms with E-state index in [-0.39, 0.29) is 0 Å². The molecule has 0 saturated carbocycles. The molecule has 0 aliphatic rings. The second-order valence-electron chi connectivity index (χ2n) is 4.71. The number of nitrogens with zero attached hydrogens (tertiary/aromatic N) is 2. The van der Waals surface area contributed by atoms with Gasteiger partial charge in [0, 0.05) is 28.3 Å². The Bertz CT molecular complexity index is 765. The molecular formula is C16H14BrN3O. The number of hydrogen-bond donors (Lipinski definition) is 1. The predicted octanol–water partition coefficient (Wildman–Crippen LogP) is 4.52. The minimum Gasteiger partial charge on any atom is -0.388 e. The van der Waals surface area contributed by atoms with Crippen LogP contribution in [0.4, 0.5) is 5.69 Å². The highest BCUT2D eigenvalue weighted by atomic mass is 79.9. The SMILES string of the molecule is CNc1ccc(-c2nc(-c3ccc(Br)cc3C)no2)cc1. The zero-order valence-electron chi connectivity index (χ0n) is 11.7. The van der Waals surface area contributed by atoms with Crippen LogP contribution in [0, 0.1) is 6.92 Å². The maximum Gasteiger partial charge on any atom is 0.258 e. The molecule has 1 heterocycles. The van der Waals surface area contributed by atoms with Crippen LogP contribution in [-0.4, -0.2) is 17.2 Å². The van der Waals surface area contributed by atoms with E-state index in [0.29, 0.717) is 11.7 Å². The highest BCUT2D eigenvalue weighted by Crippen LogP contribution is 2.27. The van der Waals surface area contributed by atoms with E-state index in [1.807, 2.05) is 56.4 Å². The first kappa shape index (κ1) is 13.8. The predicted molar refractivity (Wildman–Crippen MR) is 87.2 cm³/mol. The van der Waals surface area contributed by atoms with Crippen LogP contribution >= 0.6 is 15.9 Å². The second kappa shape index (κ2) is 5.69. The average Bonchev–Trinajstić information content (AvgIpc) is 2.97. The topological polar surface area (TPSA) is 51.0 Å². The van der Waals surface area contributed by atoms with Gasteiger partial charge in [-0.05, 0) is 55.0 Å². The lowest BCUT2D eigenvalue weighted by Crippen LogP contribution is -1.87. The number of nitrogens with one attached hydrogen (secondary N) is 1. The standard InChI is InChI=1S/C16H14BrN3O/c1-10-9-12(17)5-8-14(10)15-19-16(21-20-15)11-3-6-13(18-2)7-4-11/h3-9,18H,1-2H3. The van der Waals surface area contributed by atoms with E-state index in [9.17, 15) is 0 Å². The Morgan fingerprint density at radius 2 is 1.86 bits per heavy atom. The first-order valence-corrected chi connectivity index (χ1v) is 7.35. The molecule has 0 saturated heterocycles. The third kappa shape index (κ3) is 2.83. The molecule has 0 amide bonds. The summed E-state index contributed by atoms with van der Waals surface area (Å²) >= 11 is 3.45. The summed E-state index contributed by atoms with van der Waals surface area (Å²) in [6.45, 7) is 2.03. The molecule has 0 aliphatic carbocycles. The van der Waals surface area contributed by atoms with Crippen LogP contribution in [0.1, 0.15) is 5.56 Å². The molecule has 1 N–H and O–H groups in total. The number of anilines is 1. The Morgan fingerprint density at radius 1 is 1.10 bits per heavy atom. The third-order valence-corrected chi connectivity index (χ3v) is 3.77. The lowest BCUT2D eigenvalue weighted by Gasteiger charge is -2.01. The fourth-order valence-corrected chi connectivity index (χ4v) is 2.58. The van der Waals surface area contributed by atoms with Crippen LogP contribution in [0.3, 0.4) is 0 Å². The van der Waals surface area contributed by atoms with Crippen molar-refractivity contribution in [2.75, 3.05) is 12.4 Å². The molecule has 1 aromatic heterocycles. The van der Waals surface area contributed by atoms with Gasteiger partial charge < -0.3 is 9.84 Å². The molecule has 4 nitrogen and oxygen atoms in total. The van der Waals surface area contributed by atoms with Crippen LogP contribution in [-0.2, 0) is 0 Å². The molecule has 3 rings (SSSR count). The Kier molecular flexibility index (Phi) is 3.75. The minimum absolute atomic E-state index is 0.523. The molecule has 21 heavy (non-hydrogen) atoms. The number of hydrogen-bond acceptors (Lipinski definition) is 4. The van der Waals surface area contributed by atoms with E-state index in [4.69, 9.17) is 4.52 Å². The molecule has 0 spiro atoms. The van der Waals surface area contributed by atoms with Crippen LogP contribution in [0.15, 0.2) is 51.5 Å². The number of halogens is 1. The zero-order chi connectivity index (χ0) is 14.8. The fraction of sp³-hybridized carbons (Fsp3) is 0.125.